The molecule has 166 valence electrons. The first-order valence-corrected chi connectivity index (χ1v) is 10.1. The zero-order valence-electron chi connectivity index (χ0n) is 18.1. The minimum atomic E-state index is -0.548. The molecule has 0 unspecified atom stereocenters. The van der Waals surface area contributed by atoms with Gasteiger partial charge in [-0.1, -0.05) is 0 Å². The average molecular weight is 428 g/mol. The third-order valence-electron chi connectivity index (χ3n) is 5.45. The van der Waals surface area contributed by atoms with Crippen molar-refractivity contribution >= 4 is 29.0 Å². The van der Waals surface area contributed by atoms with Crippen LogP contribution in [0.25, 0.3) is 0 Å². The zero-order valence-corrected chi connectivity index (χ0v) is 18.1. The number of nitrogens with two attached hydrogens (primary N) is 1. The lowest BCUT2D eigenvalue weighted by Crippen LogP contribution is -2.50. The van der Waals surface area contributed by atoms with E-state index in [1.165, 1.54) is 13.3 Å². The molecule has 0 bridgehead atoms. The summed E-state index contributed by atoms with van der Waals surface area (Å²) in [6.45, 7) is 1.32. The Kier molecular flexibility index (Phi) is 7.30. The second-order valence-corrected chi connectivity index (χ2v) is 7.48. The number of carbonyl (C=O) groups excluding carboxylic acids is 2. The molecular weight excluding hydrogens is 398 g/mol. The van der Waals surface area contributed by atoms with Gasteiger partial charge >= 0.3 is 0 Å². The number of carbonyl (C=O) groups is 2. The number of primary amides is 1. The van der Waals surface area contributed by atoms with Crippen LogP contribution >= 0.6 is 0 Å². The number of benzene rings is 1. The molecule has 1 atom stereocenters. The topological polar surface area (TPSA) is 110 Å². The second-order valence-electron chi connectivity index (χ2n) is 7.48. The van der Waals surface area contributed by atoms with E-state index >= 15 is 0 Å². The Hall–Kier alpha value is -3.33. The first-order chi connectivity index (χ1) is 14.9. The van der Waals surface area contributed by atoms with Gasteiger partial charge in [0.05, 0.1) is 18.4 Å². The number of ether oxygens (including phenoxy) is 2. The van der Waals surface area contributed by atoms with Gasteiger partial charge in [-0.25, -0.2) is 4.98 Å². The number of nitrogens with zero attached hydrogens (tertiary/aromatic N) is 3. The SMILES string of the molecule is COCC(=O)N1CCC[C@H](N(C)c2cc(Nc3ccc(OC)cc3)ncc2C(N)=O)C1. The van der Waals surface area contributed by atoms with Crippen LogP contribution < -0.4 is 20.7 Å². The molecule has 0 radical (unpaired) electrons. The number of methoxy groups -OCH3 is 2. The molecule has 1 aromatic heterocycles. The van der Waals surface area contributed by atoms with Crippen LogP contribution in [0.3, 0.4) is 0 Å². The zero-order chi connectivity index (χ0) is 22.4. The Balaban J connectivity index is 1.82. The smallest absolute Gasteiger partial charge is 0.252 e. The predicted molar refractivity (Wildman–Crippen MR) is 119 cm³/mol. The van der Waals surface area contributed by atoms with E-state index < -0.39 is 5.91 Å². The van der Waals surface area contributed by atoms with Crippen LogP contribution in [-0.4, -0.2) is 68.7 Å². The monoisotopic (exact) mass is 427 g/mol. The maximum Gasteiger partial charge on any atom is 0.252 e. The molecule has 3 rings (SSSR count). The lowest BCUT2D eigenvalue weighted by Gasteiger charge is -2.39. The van der Waals surface area contributed by atoms with Crippen molar-refractivity contribution in [3.63, 3.8) is 0 Å². The number of hydrogen-bond acceptors (Lipinski definition) is 7. The van der Waals surface area contributed by atoms with Crippen LogP contribution in [0.5, 0.6) is 5.75 Å². The van der Waals surface area contributed by atoms with E-state index in [9.17, 15) is 9.59 Å². The van der Waals surface area contributed by atoms with E-state index in [2.05, 4.69) is 10.3 Å². The van der Waals surface area contributed by atoms with Gasteiger partial charge in [0, 0.05) is 51.2 Å². The summed E-state index contributed by atoms with van der Waals surface area (Å²) in [5, 5.41) is 3.24. The van der Waals surface area contributed by atoms with E-state index in [-0.39, 0.29) is 18.6 Å². The van der Waals surface area contributed by atoms with Crippen molar-refractivity contribution in [2.24, 2.45) is 5.73 Å². The molecular formula is C22H29N5O4. The number of aromatic nitrogens is 1. The number of nitrogens with one attached hydrogen (secondary N) is 1. The van der Waals surface area contributed by atoms with Crippen LogP contribution in [0.1, 0.15) is 23.2 Å². The van der Waals surface area contributed by atoms with Crippen LogP contribution in [0, 0.1) is 0 Å². The molecule has 2 heterocycles. The Labute approximate surface area is 182 Å². The fourth-order valence-electron chi connectivity index (χ4n) is 3.73. The third kappa shape index (κ3) is 5.43. The molecule has 9 nitrogen and oxygen atoms in total. The normalized spacial score (nSPS) is 16.0. The summed E-state index contributed by atoms with van der Waals surface area (Å²) in [5.41, 5.74) is 7.45. The van der Waals surface area contributed by atoms with Crippen LogP contribution in [0.2, 0.25) is 0 Å². The molecule has 2 amide bonds. The molecule has 3 N–H and O–H groups in total. The second kappa shape index (κ2) is 10.1. The standard InChI is InChI=1S/C22H29N5O4/c1-26(16-5-4-10-27(13-16)21(28)14-30-2)19-11-20(24-12-18(19)22(23)29)25-15-6-8-17(31-3)9-7-15/h6-9,11-12,16H,4-5,10,13-14H2,1-3H3,(H2,23,29)(H,24,25)/t16-/m0/s1. The Morgan fingerprint density at radius 2 is 2.03 bits per heavy atom. The summed E-state index contributed by atoms with van der Waals surface area (Å²) in [6.07, 6.45) is 3.25. The van der Waals surface area contributed by atoms with Crippen LogP contribution in [0.4, 0.5) is 17.2 Å². The van der Waals surface area contributed by atoms with Crippen molar-refractivity contribution in [3.05, 3.63) is 42.1 Å². The van der Waals surface area contributed by atoms with Crippen LogP contribution in [0.15, 0.2) is 36.5 Å². The first-order valence-electron chi connectivity index (χ1n) is 10.1. The number of amides is 2. The van der Waals surface area contributed by atoms with E-state index in [1.54, 1.807) is 18.1 Å². The fourth-order valence-corrected chi connectivity index (χ4v) is 3.73. The molecule has 0 aliphatic carbocycles. The molecule has 31 heavy (non-hydrogen) atoms. The van der Waals surface area contributed by atoms with Gasteiger partial charge in [0.1, 0.15) is 18.2 Å². The number of likely N-dealkylation sites (N-methyl/N-ethyl adjacent to an activating group) is 1. The van der Waals surface area contributed by atoms with Gasteiger partial charge in [-0.3, -0.25) is 9.59 Å². The highest BCUT2D eigenvalue weighted by Gasteiger charge is 2.28. The van der Waals surface area contributed by atoms with Crippen molar-refractivity contribution in [2.75, 3.05) is 51.2 Å². The summed E-state index contributed by atoms with van der Waals surface area (Å²) >= 11 is 0. The lowest BCUT2D eigenvalue weighted by molar-refractivity contribution is -0.136. The number of likely N-dealkylation sites (tertiary alicyclic amines) is 1. The first kappa shape index (κ1) is 22.4. The van der Waals surface area contributed by atoms with E-state index in [4.69, 9.17) is 15.2 Å². The Bertz CT molecular complexity index is 919. The average Bonchev–Trinajstić information content (AvgIpc) is 2.79. The summed E-state index contributed by atoms with van der Waals surface area (Å²) < 4.78 is 10.2. The Morgan fingerprint density at radius 1 is 1.29 bits per heavy atom. The summed E-state index contributed by atoms with van der Waals surface area (Å²) in [6, 6.07) is 9.31. The number of piperidine rings is 1. The summed E-state index contributed by atoms with van der Waals surface area (Å²) in [5.74, 6) is 0.758. The van der Waals surface area contributed by atoms with Gasteiger partial charge in [-0.15, -0.1) is 0 Å². The minimum absolute atomic E-state index is 0.0349. The molecule has 9 heteroatoms. The highest BCUT2D eigenvalue weighted by atomic mass is 16.5. The van der Waals surface area contributed by atoms with Gasteiger partial charge in [0.15, 0.2) is 0 Å². The summed E-state index contributed by atoms with van der Waals surface area (Å²) in [7, 11) is 5.04. The van der Waals surface area contributed by atoms with Gasteiger partial charge in [-0.2, -0.15) is 0 Å². The van der Waals surface area contributed by atoms with Gasteiger partial charge in [-0.05, 0) is 37.1 Å². The highest BCUT2D eigenvalue weighted by Crippen LogP contribution is 2.28. The van der Waals surface area contributed by atoms with Crippen molar-refractivity contribution in [1.82, 2.24) is 9.88 Å². The van der Waals surface area contributed by atoms with Gasteiger partial charge in [0.25, 0.3) is 5.91 Å². The van der Waals surface area contributed by atoms with E-state index in [1.807, 2.05) is 36.2 Å². The molecule has 2 aromatic rings. The summed E-state index contributed by atoms with van der Waals surface area (Å²) in [4.78, 5) is 32.5. The predicted octanol–water partition coefficient (Wildman–Crippen LogP) is 2.01. The minimum Gasteiger partial charge on any atom is -0.497 e. The van der Waals surface area contributed by atoms with E-state index in [0.29, 0.717) is 30.2 Å². The van der Waals surface area contributed by atoms with E-state index in [0.717, 1.165) is 24.3 Å². The molecule has 1 aromatic carbocycles. The molecule has 1 fully saturated rings. The lowest BCUT2D eigenvalue weighted by atomic mass is 10.0. The molecule has 1 aliphatic heterocycles. The van der Waals surface area contributed by atoms with Crippen molar-refractivity contribution in [2.45, 2.75) is 18.9 Å². The largest absolute Gasteiger partial charge is 0.497 e. The third-order valence-corrected chi connectivity index (χ3v) is 5.45. The molecule has 1 aliphatic rings. The van der Waals surface area contributed by atoms with Crippen LogP contribution in [-0.2, 0) is 9.53 Å². The van der Waals surface area contributed by atoms with Crippen molar-refractivity contribution in [1.29, 1.82) is 0 Å². The van der Waals surface area contributed by atoms with Gasteiger partial charge in [0.2, 0.25) is 5.91 Å². The van der Waals surface area contributed by atoms with Crippen molar-refractivity contribution < 1.29 is 19.1 Å². The molecule has 0 spiro atoms. The Morgan fingerprint density at radius 3 is 2.68 bits per heavy atom. The van der Waals surface area contributed by atoms with Gasteiger partial charge < -0.3 is 30.3 Å². The number of hydrogen-bond donors (Lipinski definition) is 2. The fraction of sp³-hybridized carbons (Fsp3) is 0.409. The maximum absolute atomic E-state index is 12.3. The molecule has 1 saturated heterocycles. The molecule has 0 saturated carbocycles. The quantitative estimate of drug-likeness (QED) is 0.663. The number of anilines is 3. The maximum atomic E-state index is 12.3. The highest BCUT2D eigenvalue weighted by molar-refractivity contribution is 5.99. The number of pyridine rings is 1. The van der Waals surface area contributed by atoms with Crippen molar-refractivity contribution in [3.8, 4) is 5.75 Å². The number of rotatable bonds is 8.